The highest BCUT2D eigenvalue weighted by molar-refractivity contribution is 6.01. The second kappa shape index (κ2) is 18.3. The third-order valence-electron chi connectivity index (χ3n) is 12.3. The maximum absolute atomic E-state index is 15.1. The Morgan fingerprint density at radius 2 is 0.868 bits per heavy atom. The van der Waals surface area contributed by atoms with Crippen LogP contribution in [-0.4, -0.2) is 69.2 Å². The Labute approximate surface area is 323 Å². The van der Waals surface area contributed by atoms with Gasteiger partial charge in [0.25, 0.3) is 0 Å². The van der Waals surface area contributed by atoms with E-state index in [1.807, 2.05) is 60.7 Å². The quantitative estimate of drug-likeness (QED) is 0.0865. The van der Waals surface area contributed by atoms with Crippen molar-refractivity contribution in [1.82, 2.24) is 9.80 Å². The number of carbonyl (C=O) groups is 2. The molecule has 0 atom stereocenters. The van der Waals surface area contributed by atoms with E-state index in [-0.39, 0.29) is 47.2 Å². The van der Waals surface area contributed by atoms with Crippen LogP contribution in [0.3, 0.4) is 0 Å². The number of hydrogen-bond acceptors (Lipinski definition) is 6. The first-order valence-electron chi connectivity index (χ1n) is 21.0. The number of piperidine rings is 2. The van der Waals surface area contributed by atoms with Gasteiger partial charge in [0, 0.05) is 47.8 Å². The van der Waals surface area contributed by atoms with Crippen molar-refractivity contribution in [2.75, 3.05) is 13.1 Å². The van der Waals surface area contributed by atoms with Crippen LogP contribution in [0.2, 0.25) is 0 Å². The highest BCUT2D eigenvalue weighted by Gasteiger charge is 2.54. The summed E-state index contributed by atoms with van der Waals surface area (Å²) < 4.78 is 13.3. The van der Waals surface area contributed by atoms with Gasteiger partial charge in [0.05, 0.1) is 0 Å². The van der Waals surface area contributed by atoms with E-state index in [4.69, 9.17) is 9.47 Å². The molecule has 0 N–H and O–H groups in total. The van der Waals surface area contributed by atoms with E-state index in [2.05, 4.69) is 79.0 Å². The monoisotopic (exact) mass is 731 g/mol. The number of rotatable bonds is 18. The van der Waals surface area contributed by atoms with E-state index in [0.29, 0.717) is 0 Å². The molecule has 2 aromatic rings. The predicted octanol–water partition coefficient (Wildman–Crippen LogP) is 10.7. The number of nitrogens with zero attached hydrogens (tertiary/aromatic N) is 2. The average molecular weight is 731 g/mol. The molecule has 0 radical (unpaired) electrons. The van der Waals surface area contributed by atoms with Gasteiger partial charge in [-0.15, -0.1) is 0 Å². The largest absolute Gasteiger partial charge is 0.461 e. The van der Waals surface area contributed by atoms with Gasteiger partial charge in [-0.25, -0.2) is 0 Å². The molecule has 2 saturated heterocycles. The second-order valence-corrected chi connectivity index (χ2v) is 19.0. The van der Waals surface area contributed by atoms with Crippen molar-refractivity contribution in [2.24, 2.45) is 5.41 Å². The van der Waals surface area contributed by atoms with Gasteiger partial charge in [0.15, 0.2) is 5.41 Å². The number of esters is 2. The maximum atomic E-state index is 15.1. The van der Waals surface area contributed by atoms with Gasteiger partial charge in [-0.1, -0.05) is 113 Å². The zero-order chi connectivity index (χ0) is 38.9. The van der Waals surface area contributed by atoms with E-state index in [0.717, 1.165) is 49.9 Å². The minimum Gasteiger partial charge on any atom is -0.461 e. The summed E-state index contributed by atoms with van der Waals surface area (Å²) in [7, 11) is 0. The minimum absolute atomic E-state index is 0.164. The number of unbranched alkanes of at least 4 members (excludes halogenated alkanes) is 6. The minimum atomic E-state index is -1.54. The Kier molecular flexibility index (Phi) is 14.8. The van der Waals surface area contributed by atoms with Gasteiger partial charge in [-0.05, 0) is 105 Å². The van der Waals surface area contributed by atoms with Gasteiger partial charge in [-0.3, -0.25) is 19.4 Å². The molecule has 296 valence electrons. The van der Waals surface area contributed by atoms with Crippen molar-refractivity contribution in [3.05, 3.63) is 71.8 Å². The molecule has 2 aromatic carbocycles. The lowest BCUT2D eigenvalue weighted by Gasteiger charge is -2.55. The Balaban J connectivity index is 1.66. The SMILES string of the molecule is CCCCCCN1C(C)(C)CC(OC(=O)C(Cc2ccccc2)(Cc2ccccc2)C(=O)OC2CC(C)(C)N(CCCCCC)C(C)(C)C2)CC1(C)C. The molecule has 0 aliphatic carbocycles. The van der Waals surface area contributed by atoms with Crippen LogP contribution >= 0.6 is 0 Å². The first-order chi connectivity index (χ1) is 25.0. The van der Waals surface area contributed by atoms with Crippen LogP contribution in [0.4, 0.5) is 0 Å². The van der Waals surface area contributed by atoms with Gasteiger partial charge >= 0.3 is 11.9 Å². The van der Waals surface area contributed by atoms with Gasteiger partial charge in [0.1, 0.15) is 12.2 Å². The van der Waals surface area contributed by atoms with Crippen LogP contribution in [0.25, 0.3) is 0 Å². The molecule has 0 aromatic heterocycles. The summed E-state index contributed by atoms with van der Waals surface area (Å²) in [5.74, 6) is -0.926. The summed E-state index contributed by atoms with van der Waals surface area (Å²) in [5.41, 5.74) is -0.360. The lowest BCUT2D eigenvalue weighted by atomic mass is 9.74. The first-order valence-corrected chi connectivity index (χ1v) is 21.0. The fourth-order valence-corrected chi connectivity index (χ4v) is 10.1. The maximum Gasteiger partial charge on any atom is 0.324 e. The van der Waals surface area contributed by atoms with E-state index in [1.165, 1.54) is 51.4 Å². The molecule has 2 heterocycles. The van der Waals surface area contributed by atoms with Crippen molar-refractivity contribution >= 4 is 11.9 Å². The first kappa shape index (κ1) is 43.0. The highest BCUT2D eigenvalue weighted by Crippen LogP contribution is 2.44. The highest BCUT2D eigenvalue weighted by atomic mass is 16.6. The number of hydrogen-bond donors (Lipinski definition) is 0. The van der Waals surface area contributed by atoms with Gasteiger partial charge < -0.3 is 9.47 Å². The molecule has 2 aliphatic rings. The standard InChI is InChI=1S/C47H74N2O4/c1-11-13-15-23-29-48-43(3,4)33-39(34-44(48,5)6)52-41(50)47(31-37-25-19-17-20-26-37,32-38-27-21-18-22-28-38)42(51)53-40-35-45(7,8)49(46(9,10)36-40)30-24-16-14-12-2/h17-22,25-28,39-40H,11-16,23-24,29-36H2,1-10H3. The molecule has 0 spiro atoms. The molecule has 2 fully saturated rings. The molecule has 2 aliphatic heterocycles. The third-order valence-corrected chi connectivity index (χ3v) is 12.3. The molecule has 0 amide bonds. The zero-order valence-electron chi connectivity index (χ0n) is 35.3. The third kappa shape index (κ3) is 11.2. The van der Waals surface area contributed by atoms with Crippen molar-refractivity contribution in [3.8, 4) is 0 Å². The van der Waals surface area contributed by atoms with Crippen LogP contribution in [0.5, 0.6) is 0 Å². The van der Waals surface area contributed by atoms with E-state index in [9.17, 15) is 0 Å². The lowest BCUT2D eigenvalue weighted by Crippen LogP contribution is -2.63. The molecule has 0 unspecified atom stereocenters. The van der Waals surface area contributed by atoms with E-state index < -0.39 is 17.4 Å². The number of likely N-dealkylation sites (tertiary alicyclic amines) is 2. The Morgan fingerprint density at radius 3 is 1.17 bits per heavy atom. The van der Waals surface area contributed by atoms with E-state index >= 15 is 9.59 Å². The molecule has 6 nitrogen and oxygen atoms in total. The van der Waals surface area contributed by atoms with Crippen LogP contribution in [0.1, 0.15) is 157 Å². The summed E-state index contributed by atoms with van der Waals surface area (Å²) in [4.78, 5) is 35.5. The average Bonchev–Trinajstić information content (AvgIpc) is 3.06. The molecular formula is C47H74N2O4. The molecule has 53 heavy (non-hydrogen) atoms. The van der Waals surface area contributed by atoms with Crippen LogP contribution < -0.4 is 0 Å². The van der Waals surface area contributed by atoms with Crippen LogP contribution in [0.15, 0.2) is 60.7 Å². The second-order valence-electron chi connectivity index (χ2n) is 19.0. The number of carbonyl (C=O) groups excluding carboxylic acids is 2. The fourth-order valence-electron chi connectivity index (χ4n) is 10.1. The zero-order valence-corrected chi connectivity index (χ0v) is 35.3. The van der Waals surface area contributed by atoms with Crippen molar-refractivity contribution < 1.29 is 19.1 Å². The predicted molar refractivity (Wildman–Crippen MR) is 219 cm³/mol. The smallest absolute Gasteiger partial charge is 0.324 e. The van der Waals surface area contributed by atoms with Gasteiger partial charge in [-0.2, -0.15) is 0 Å². The Bertz CT molecular complexity index is 1290. The summed E-state index contributed by atoms with van der Waals surface area (Å²) in [6.45, 7) is 24.8. The van der Waals surface area contributed by atoms with Crippen LogP contribution in [-0.2, 0) is 31.9 Å². The molecule has 6 heteroatoms. The molecule has 0 saturated carbocycles. The fraction of sp³-hybridized carbons (Fsp3) is 0.702. The Morgan fingerprint density at radius 1 is 0.547 bits per heavy atom. The van der Waals surface area contributed by atoms with Crippen molar-refractivity contribution in [2.45, 2.75) is 193 Å². The Hall–Kier alpha value is -2.70. The lowest BCUT2D eigenvalue weighted by molar-refractivity contribution is -0.188. The summed E-state index contributed by atoms with van der Waals surface area (Å²) >= 11 is 0. The van der Waals surface area contributed by atoms with E-state index in [1.54, 1.807) is 0 Å². The van der Waals surface area contributed by atoms with Gasteiger partial charge in [0.2, 0.25) is 0 Å². The van der Waals surface area contributed by atoms with Crippen molar-refractivity contribution in [3.63, 3.8) is 0 Å². The topological polar surface area (TPSA) is 59.1 Å². The number of benzene rings is 2. The summed E-state index contributed by atoms with van der Waals surface area (Å²) in [6, 6.07) is 19.9. The summed E-state index contributed by atoms with van der Waals surface area (Å²) in [5, 5.41) is 0. The summed E-state index contributed by atoms with van der Waals surface area (Å²) in [6.07, 6.45) is 12.4. The molecule has 0 bridgehead atoms. The normalized spacial score (nSPS) is 20.6. The van der Waals surface area contributed by atoms with Crippen LogP contribution in [0, 0.1) is 5.41 Å². The molecular weight excluding hydrogens is 657 g/mol. The number of ether oxygens (including phenoxy) is 2. The van der Waals surface area contributed by atoms with Crippen molar-refractivity contribution in [1.29, 1.82) is 0 Å². The molecule has 4 rings (SSSR count).